The molecule has 2 atom stereocenters. The Hall–Kier alpha value is -3.75. The van der Waals surface area contributed by atoms with Gasteiger partial charge in [0.25, 0.3) is 6.01 Å². The molecule has 4 heterocycles. The highest BCUT2D eigenvalue weighted by Gasteiger charge is 2.29. The van der Waals surface area contributed by atoms with Gasteiger partial charge in [-0.05, 0) is 61.7 Å². The third-order valence-corrected chi connectivity index (χ3v) is 6.92. The van der Waals surface area contributed by atoms with Crippen LogP contribution >= 0.6 is 11.6 Å². The summed E-state index contributed by atoms with van der Waals surface area (Å²) in [7, 11) is 0. The minimum absolute atomic E-state index is 0.0332. The number of nitrogens with zero attached hydrogens (tertiary/aromatic N) is 2. The highest BCUT2D eigenvalue weighted by atomic mass is 35.5. The molecule has 1 aliphatic rings. The van der Waals surface area contributed by atoms with Crippen LogP contribution in [0.4, 0.5) is 11.7 Å². The summed E-state index contributed by atoms with van der Waals surface area (Å²) < 4.78 is 18.5. The molecule has 0 amide bonds. The fourth-order valence-electron chi connectivity index (χ4n) is 4.79. The van der Waals surface area contributed by atoms with Crippen molar-refractivity contribution in [1.29, 1.82) is 0 Å². The summed E-state index contributed by atoms with van der Waals surface area (Å²) in [4.78, 5) is 12.0. The molecule has 0 aliphatic carbocycles. The maximum atomic E-state index is 6.50. The van der Waals surface area contributed by atoms with Crippen LogP contribution in [-0.2, 0) is 0 Å². The lowest BCUT2D eigenvalue weighted by molar-refractivity contribution is 0.115. The van der Waals surface area contributed by atoms with E-state index in [0.717, 1.165) is 36.1 Å². The highest BCUT2D eigenvalue weighted by Crippen LogP contribution is 2.34. The molecule has 1 saturated heterocycles. The van der Waals surface area contributed by atoms with Crippen molar-refractivity contribution in [3.05, 3.63) is 65.9 Å². The Balaban J connectivity index is 1.21. The number of hydrogen-bond donors (Lipinski definition) is 3. The van der Waals surface area contributed by atoms with Gasteiger partial charge in [-0.1, -0.05) is 25.4 Å². The Morgan fingerprint density at radius 1 is 1.11 bits per heavy atom. The lowest BCUT2D eigenvalue weighted by Crippen LogP contribution is -2.42. The lowest BCUT2D eigenvalue weighted by atomic mass is 9.98. The van der Waals surface area contributed by atoms with Gasteiger partial charge in [-0.2, -0.15) is 4.98 Å². The van der Waals surface area contributed by atoms with Crippen LogP contribution < -0.4 is 20.1 Å². The van der Waals surface area contributed by atoms with E-state index in [2.05, 4.69) is 39.4 Å². The molecule has 2 unspecified atom stereocenters. The number of nitrogens with one attached hydrogen (secondary N) is 3. The molecular weight excluding hydrogens is 490 g/mol. The minimum atomic E-state index is 0.0332. The zero-order valence-electron chi connectivity index (χ0n) is 20.6. The molecular formula is C28H28ClN5O3. The van der Waals surface area contributed by atoms with Crippen molar-refractivity contribution in [3.63, 3.8) is 0 Å². The van der Waals surface area contributed by atoms with Crippen molar-refractivity contribution in [2.75, 3.05) is 11.9 Å². The van der Waals surface area contributed by atoms with Gasteiger partial charge in [0.15, 0.2) is 5.58 Å². The van der Waals surface area contributed by atoms with Crippen molar-refractivity contribution in [2.24, 2.45) is 5.92 Å². The molecule has 0 radical (unpaired) electrons. The molecule has 1 fully saturated rings. The quantitative estimate of drug-likeness (QED) is 0.203. The fourth-order valence-corrected chi connectivity index (χ4v) is 4.95. The van der Waals surface area contributed by atoms with Gasteiger partial charge < -0.3 is 29.5 Å². The van der Waals surface area contributed by atoms with Gasteiger partial charge in [-0.15, -0.1) is 0 Å². The van der Waals surface area contributed by atoms with E-state index in [-0.39, 0.29) is 6.10 Å². The summed E-state index contributed by atoms with van der Waals surface area (Å²) in [5, 5.41) is 8.27. The average Bonchev–Trinajstić information content (AvgIpc) is 3.65. The van der Waals surface area contributed by atoms with E-state index in [9.17, 15) is 0 Å². The van der Waals surface area contributed by atoms with Crippen LogP contribution in [0.5, 0.6) is 17.2 Å². The minimum Gasteiger partial charge on any atom is -0.487 e. The first-order chi connectivity index (χ1) is 18.0. The van der Waals surface area contributed by atoms with Crippen LogP contribution in [0.2, 0.25) is 5.02 Å². The van der Waals surface area contributed by atoms with Crippen LogP contribution in [0.1, 0.15) is 26.7 Å². The molecule has 190 valence electrons. The van der Waals surface area contributed by atoms with E-state index in [4.69, 9.17) is 25.5 Å². The predicted octanol–water partition coefficient (Wildman–Crippen LogP) is 7.05. The second kappa shape index (κ2) is 9.95. The summed E-state index contributed by atoms with van der Waals surface area (Å²) >= 11 is 6.50. The summed E-state index contributed by atoms with van der Waals surface area (Å²) in [6.07, 6.45) is 5.85. The molecule has 3 aromatic heterocycles. The molecule has 0 spiro atoms. The largest absolute Gasteiger partial charge is 0.487 e. The topological polar surface area (TPSA) is 97.2 Å². The zero-order valence-corrected chi connectivity index (χ0v) is 21.4. The smallest absolute Gasteiger partial charge is 0.300 e. The SMILES string of the molecule is CC(C)C(Oc1cc(Nc2nc3cc(Oc4ccnc5[nH]ccc45)ccc3o2)ccc1Cl)C1CCCN1. The van der Waals surface area contributed by atoms with E-state index in [1.54, 1.807) is 6.20 Å². The molecule has 6 rings (SSSR count). The highest BCUT2D eigenvalue weighted by molar-refractivity contribution is 6.32. The lowest BCUT2D eigenvalue weighted by Gasteiger charge is -2.29. The number of aromatic amines is 1. The number of aromatic nitrogens is 3. The molecule has 5 aromatic rings. The zero-order chi connectivity index (χ0) is 25.4. The van der Waals surface area contributed by atoms with Gasteiger partial charge in [0, 0.05) is 36.3 Å². The molecule has 2 aromatic carbocycles. The molecule has 1 aliphatic heterocycles. The first-order valence-corrected chi connectivity index (χ1v) is 12.9. The Labute approximate surface area is 219 Å². The van der Waals surface area contributed by atoms with Crippen LogP contribution in [0.25, 0.3) is 22.1 Å². The summed E-state index contributed by atoms with van der Waals surface area (Å²) in [6.45, 7) is 5.37. The number of hydrogen-bond acceptors (Lipinski definition) is 7. The summed E-state index contributed by atoms with van der Waals surface area (Å²) in [6, 6.07) is 15.6. The van der Waals surface area contributed by atoms with Gasteiger partial charge in [0.1, 0.15) is 34.5 Å². The average molecular weight is 518 g/mol. The van der Waals surface area contributed by atoms with Crippen LogP contribution in [0.3, 0.4) is 0 Å². The van der Waals surface area contributed by atoms with E-state index < -0.39 is 0 Å². The van der Waals surface area contributed by atoms with E-state index in [1.807, 2.05) is 54.7 Å². The number of anilines is 2. The number of benzene rings is 2. The van der Waals surface area contributed by atoms with Crippen LogP contribution in [0, 0.1) is 5.92 Å². The maximum absolute atomic E-state index is 6.50. The first-order valence-electron chi connectivity index (χ1n) is 12.5. The van der Waals surface area contributed by atoms with Crippen molar-refractivity contribution in [2.45, 2.75) is 38.8 Å². The van der Waals surface area contributed by atoms with E-state index >= 15 is 0 Å². The molecule has 8 nitrogen and oxygen atoms in total. The van der Waals surface area contributed by atoms with Crippen molar-refractivity contribution >= 4 is 45.4 Å². The fraction of sp³-hybridized carbons (Fsp3) is 0.286. The van der Waals surface area contributed by atoms with Gasteiger partial charge in [-0.25, -0.2) is 4.98 Å². The monoisotopic (exact) mass is 517 g/mol. The van der Waals surface area contributed by atoms with Crippen molar-refractivity contribution in [3.8, 4) is 17.2 Å². The Bertz CT molecular complexity index is 1540. The molecule has 3 N–H and O–H groups in total. The van der Waals surface area contributed by atoms with Crippen LogP contribution in [0.15, 0.2) is 65.3 Å². The third-order valence-electron chi connectivity index (χ3n) is 6.60. The normalized spacial score (nSPS) is 16.5. The Morgan fingerprint density at radius 2 is 2.03 bits per heavy atom. The molecule has 37 heavy (non-hydrogen) atoms. The number of halogens is 1. The third kappa shape index (κ3) is 4.95. The number of ether oxygens (including phenoxy) is 2. The molecule has 9 heteroatoms. The van der Waals surface area contributed by atoms with Gasteiger partial charge in [0.05, 0.1) is 10.4 Å². The standard InChI is InChI=1S/C28H28ClN5O3/c1-16(2)26(21-4-3-11-30-21)36-25-14-17(5-7-20(25)29)33-28-34-22-15-18(6-8-24(22)37-28)35-23-10-13-32-27-19(23)9-12-31-27/h5-10,12-16,21,26,30H,3-4,11H2,1-2H3,(H,31,32)(H,33,34). The Kier molecular flexibility index (Phi) is 6.36. The summed E-state index contributed by atoms with van der Waals surface area (Å²) in [5.41, 5.74) is 2.87. The maximum Gasteiger partial charge on any atom is 0.300 e. The second-order valence-corrected chi connectivity index (χ2v) is 10.0. The number of oxazole rings is 1. The number of rotatable bonds is 8. The molecule has 0 saturated carbocycles. The second-order valence-electron chi connectivity index (χ2n) is 9.60. The van der Waals surface area contributed by atoms with Gasteiger partial charge in [-0.3, -0.25) is 0 Å². The predicted molar refractivity (Wildman–Crippen MR) is 145 cm³/mol. The first kappa shape index (κ1) is 23.6. The Morgan fingerprint density at radius 3 is 2.86 bits per heavy atom. The number of H-pyrrole nitrogens is 1. The van der Waals surface area contributed by atoms with Crippen molar-refractivity contribution < 1.29 is 13.9 Å². The molecule has 0 bridgehead atoms. The van der Waals surface area contributed by atoms with E-state index in [1.165, 1.54) is 0 Å². The number of pyridine rings is 1. The van der Waals surface area contributed by atoms with Crippen molar-refractivity contribution in [1.82, 2.24) is 20.3 Å². The number of fused-ring (bicyclic) bond motifs is 2. The van der Waals surface area contributed by atoms with Gasteiger partial charge >= 0.3 is 0 Å². The summed E-state index contributed by atoms with van der Waals surface area (Å²) in [5.74, 6) is 2.36. The van der Waals surface area contributed by atoms with E-state index in [0.29, 0.717) is 51.3 Å². The van der Waals surface area contributed by atoms with Gasteiger partial charge in [0.2, 0.25) is 0 Å². The van der Waals surface area contributed by atoms with Crippen LogP contribution in [-0.4, -0.2) is 33.6 Å².